The summed E-state index contributed by atoms with van der Waals surface area (Å²) >= 11 is 0. The van der Waals surface area contributed by atoms with Crippen LogP contribution in [0.2, 0.25) is 0 Å². The summed E-state index contributed by atoms with van der Waals surface area (Å²) in [5.41, 5.74) is 0. The Morgan fingerprint density at radius 3 is 2.73 bits per heavy atom. The second kappa shape index (κ2) is 6.46. The molecule has 3 heteroatoms. The molecule has 1 fully saturated rings. The Balaban J connectivity index is 2.36. The van der Waals surface area contributed by atoms with E-state index in [1.165, 1.54) is 0 Å². The summed E-state index contributed by atoms with van der Waals surface area (Å²) in [5.74, 6) is 0.484. The maximum absolute atomic E-state index is 9.26. The van der Waals surface area contributed by atoms with E-state index in [-0.39, 0.29) is 12.6 Å². The van der Waals surface area contributed by atoms with Gasteiger partial charge in [-0.05, 0) is 25.2 Å². The van der Waals surface area contributed by atoms with E-state index in [4.69, 9.17) is 4.74 Å². The van der Waals surface area contributed by atoms with E-state index in [2.05, 4.69) is 26.1 Å². The summed E-state index contributed by atoms with van der Waals surface area (Å²) < 4.78 is 5.63. The minimum absolute atomic E-state index is 0.227. The normalized spacial score (nSPS) is 29.4. The molecule has 90 valence electrons. The molecule has 1 aliphatic heterocycles. The summed E-state index contributed by atoms with van der Waals surface area (Å²) in [7, 11) is 0. The summed E-state index contributed by atoms with van der Waals surface area (Å²) in [5, 5.41) is 12.8. The SMILES string of the molecule is CCC1CC(N[C@H](CO)C(C)C)CCO1. The first-order valence-corrected chi connectivity index (χ1v) is 6.15. The Morgan fingerprint density at radius 1 is 1.47 bits per heavy atom. The third-order valence-corrected chi connectivity index (χ3v) is 3.27. The van der Waals surface area contributed by atoms with E-state index < -0.39 is 0 Å². The minimum atomic E-state index is 0.227. The third-order valence-electron chi connectivity index (χ3n) is 3.27. The highest BCUT2D eigenvalue weighted by Gasteiger charge is 2.24. The lowest BCUT2D eigenvalue weighted by molar-refractivity contribution is -0.00464. The highest BCUT2D eigenvalue weighted by Crippen LogP contribution is 2.17. The summed E-state index contributed by atoms with van der Waals surface area (Å²) in [6, 6.07) is 0.744. The van der Waals surface area contributed by atoms with Gasteiger partial charge in [0.05, 0.1) is 12.7 Å². The van der Waals surface area contributed by atoms with Gasteiger partial charge in [-0.15, -0.1) is 0 Å². The van der Waals surface area contributed by atoms with E-state index in [0.717, 1.165) is 25.9 Å². The number of nitrogens with one attached hydrogen (secondary N) is 1. The molecular formula is C12H25NO2. The molecule has 0 aromatic carbocycles. The van der Waals surface area contributed by atoms with Crippen molar-refractivity contribution in [1.29, 1.82) is 0 Å². The predicted molar refractivity (Wildman–Crippen MR) is 61.9 cm³/mol. The maximum Gasteiger partial charge on any atom is 0.0587 e. The van der Waals surface area contributed by atoms with Crippen LogP contribution in [-0.2, 0) is 4.74 Å². The van der Waals surface area contributed by atoms with Crippen LogP contribution in [0.3, 0.4) is 0 Å². The molecule has 2 unspecified atom stereocenters. The molecule has 0 bridgehead atoms. The topological polar surface area (TPSA) is 41.5 Å². The van der Waals surface area contributed by atoms with E-state index in [0.29, 0.717) is 18.1 Å². The van der Waals surface area contributed by atoms with Crippen molar-refractivity contribution in [2.45, 2.75) is 58.2 Å². The molecular weight excluding hydrogens is 190 g/mol. The zero-order valence-corrected chi connectivity index (χ0v) is 10.2. The van der Waals surface area contributed by atoms with Crippen molar-refractivity contribution in [3.63, 3.8) is 0 Å². The lowest BCUT2D eigenvalue weighted by Crippen LogP contribution is -2.47. The van der Waals surface area contributed by atoms with Crippen LogP contribution in [0.1, 0.15) is 40.0 Å². The molecule has 0 radical (unpaired) electrons. The Kier molecular flexibility index (Phi) is 5.58. The number of ether oxygens (including phenoxy) is 1. The highest BCUT2D eigenvalue weighted by molar-refractivity contribution is 4.81. The van der Waals surface area contributed by atoms with Crippen molar-refractivity contribution >= 4 is 0 Å². The highest BCUT2D eigenvalue weighted by atomic mass is 16.5. The Morgan fingerprint density at radius 2 is 2.20 bits per heavy atom. The van der Waals surface area contributed by atoms with Gasteiger partial charge >= 0.3 is 0 Å². The summed E-state index contributed by atoms with van der Waals surface area (Å²) in [4.78, 5) is 0. The van der Waals surface area contributed by atoms with Crippen molar-refractivity contribution in [2.75, 3.05) is 13.2 Å². The Labute approximate surface area is 93.2 Å². The van der Waals surface area contributed by atoms with Crippen LogP contribution in [0, 0.1) is 5.92 Å². The lowest BCUT2D eigenvalue weighted by Gasteiger charge is -2.33. The molecule has 0 saturated carbocycles. The molecule has 3 atom stereocenters. The van der Waals surface area contributed by atoms with E-state index in [1.807, 2.05) is 0 Å². The fourth-order valence-corrected chi connectivity index (χ4v) is 2.07. The monoisotopic (exact) mass is 215 g/mol. The van der Waals surface area contributed by atoms with Crippen LogP contribution in [0.15, 0.2) is 0 Å². The first kappa shape index (κ1) is 12.9. The molecule has 1 heterocycles. The molecule has 0 aromatic rings. The van der Waals surface area contributed by atoms with Gasteiger partial charge in [0.2, 0.25) is 0 Å². The summed E-state index contributed by atoms with van der Waals surface area (Å²) in [6.45, 7) is 7.53. The van der Waals surface area contributed by atoms with Crippen molar-refractivity contribution in [3.8, 4) is 0 Å². The van der Waals surface area contributed by atoms with Crippen LogP contribution in [0.25, 0.3) is 0 Å². The van der Waals surface area contributed by atoms with E-state index in [1.54, 1.807) is 0 Å². The second-order valence-corrected chi connectivity index (χ2v) is 4.82. The molecule has 0 aliphatic carbocycles. The molecule has 0 amide bonds. The molecule has 15 heavy (non-hydrogen) atoms. The van der Waals surface area contributed by atoms with Crippen LogP contribution < -0.4 is 5.32 Å². The maximum atomic E-state index is 9.26. The average molecular weight is 215 g/mol. The first-order chi connectivity index (χ1) is 7.17. The van der Waals surface area contributed by atoms with E-state index >= 15 is 0 Å². The molecule has 1 rings (SSSR count). The predicted octanol–water partition coefficient (Wildman–Crippen LogP) is 1.55. The van der Waals surface area contributed by atoms with Gasteiger partial charge in [0, 0.05) is 18.7 Å². The molecule has 2 N–H and O–H groups in total. The van der Waals surface area contributed by atoms with Crippen LogP contribution in [0.4, 0.5) is 0 Å². The number of hydrogen-bond donors (Lipinski definition) is 2. The number of aliphatic hydroxyl groups is 1. The Bertz CT molecular complexity index is 173. The van der Waals surface area contributed by atoms with E-state index in [9.17, 15) is 5.11 Å². The molecule has 1 saturated heterocycles. The zero-order chi connectivity index (χ0) is 11.3. The Hall–Kier alpha value is -0.120. The minimum Gasteiger partial charge on any atom is -0.395 e. The fourth-order valence-electron chi connectivity index (χ4n) is 2.07. The van der Waals surface area contributed by atoms with Gasteiger partial charge in [-0.1, -0.05) is 20.8 Å². The van der Waals surface area contributed by atoms with Crippen molar-refractivity contribution < 1.29 is 9.84 Å². The van der Waals surface area contributed by atoms with Crippen LogP contribution in [0.5, 0.6) is 0 Å². The lowest BCUT2D eigenvalue weighted by atomic mass is 9.98. The smallest absolute Gasteiger partial charge is 0.0587 e. The van der Waals surface area contributed by atoms with Gasteiger partial charge in [-0.3, -0.25) is 0 Å². The number of hydrogen-bond acceptors (Lipinski definition) is 3. The zero-order valence-electron chi connectivity index (χ0n) is 10.2. The van der Waals surface area contributed by atoms with Crippen molar-refractivity contribution in [2.24, 2.45) is 5.92 Å². The van der Waals surface area contributed by atoms with Gasteiger partial charge in [-0.25, -0.2) is 0 Å². The van der Waals surface area contributed by atoms with Gasteiger partial charge in [0.1, 0.15) is 0 Å². The van der Waals surface area contributed by atoms with Crippen LogP contribution in [-0.4, -0.2) is 36.5 Å². The molecule has 3 nitrogen and oxygen atoms in total. The number of rotatable bonds is 5. The van der Waals surface area contributed by atoms with Crippen molar-refractivity contribution in [3.05, 3.63) is 0 Å². The van der Waals surface area contributed by atoms with Gasteiger partial charge in [0.15, 0.2) is 0 Å². The molecule has 0 spiro atoms. The van der Waals surface area contributed by atoms with Gasteiger partial charge < -0.3 is 15.2 Å². The van der Waals surface area contributed by atoms with Crippen molar-refractivity contribution in [1.82, 2.24) is 5.32 Å². The second-order valence-electron chi connectivity index (χ2n) is 4.82. The molecule has 0 aromatic heterocycles. The van der Waals surface area contributed by atoms with Crippen LogP contribution >= 0.6 is 0 Å². The number of aliphatic hydroxyl groups excluding tert-OH is 1. The molecule has 1 aliphatic rings. The first-order valence-electron chi connectivity index (χ1n) is 6.15. The standard InChI is InChI=1S/C12H25NO2/c1-4-11-7-10(5-6-15-11)13-12(8-14)9(2)3/h9-14H,4-8H2,1-3H3/t10?,11?,12-/m1/s1. The quantitative estimate of drug-likeness (QED) is 0.731. The third kappa shape index (κ3) is 4.09. The average Bonchev–Trinajstić information content (AvgIpc) is 2.25. The summed E-state index contributed by atoms with van der Waals surface area (Å²) in [6.07, 6.45) is 3.64. The fraction of sp³-hybridized carbons (Fsp3) is 1.00. The largest absolute Gasteiger partial charge is 0.395 e. The van der Waals surface area contributed by atoms with Gasteiger partial charge in [-0.2, -0.15) is 0 Å². The van der Waals surface area contributed by atoms with Gasteiger partial charge in [0.25, 0.3) is 0 Å².